The van der Waals surface area contributed by atoms with Crippen LogP contribution in [0.25, 0.3) is 0 Å². The van der Waals surface area contributed by atoms with Gasteiger partial charge in [-0.2, -0.15) is 0 Å². The molecule has 1 heterocycles. The summed E-state index contributed by atoms with van der Waals surface area (Å²) in [4.78, 5) is 24.2. The van der Waals surface area contributed by atoms with Crippen molar-refractivity contribution in [2.45, 2.75) is 18.3 Å². The summed E-state index contributed by atoms with van der Waals surface area (Å²) in [5.41, 5.74) is -0.0401. The summed E-state index contributed by atoms with van der Waals surface area (Å²) in [6.45, 7) is 0.866. The molecule has 0 unspecified atom stereocenters. The summed E-state index contributed by atoms with van der Waals surface area (Å²) in [5.74, 6) is -3.44. The van der Waals surface area contributed by atoms with Gasteiger partial charge < -0.3 is 15.4 Å². The van der Waals surface area contributed by atoms with Crippen LogP contribution in [-0.4, -0.2) is 38.1 Å². The second kappa shape index (κ2) is 9.09. The van der Waals surface area contributed by atoms with Crippen LogP contribution < -0.4 is 10.6 Å². The number of halogens is 3. The van der Waals surface area contributed by atoms with Gasteiger partial charge in [-0.3, -0.25) is 9.59 Å². The number of nitrogens with one attached hydrogen (secondary N) is 2. The van der Waals surface area contributed by atoms with Gasteiger partial charge >= 0.3 is 0 Å². The molecule has 154 valence electrons. The number of carbonyl (C=O) groups is 2. The second-order valence-corrected chi connectivity index (χ2v) is 6.99. The molecule has 2 aromatic carbocycles. The molecule has 5 nitrogen and oxygen atoms in total. The fourth-order valence-electron chi connectivity index (χ4n) is 3.41. The van der Waals surface area contributed by atoms with Crippen LogP contribution in [0.2, 0.25) is 0 Å². The normalized spacial score (nSPS) is 15.6. The molecule has 2 aromatic rings. The van der Waals surface area contributed by atoms with Gasteiger partial charge in [0.05, 0.1) is 12.1 Å². The Hall–Kier alpha value is -2.87. The molecule has 3 rings (SSSR count). The maximum absolute atomic E-state index is 13.7. The molecule has 0 aromatic heterocycles. The predicted molar refractivity (Wildman–Crippen MR) is 99.8 cm³/mol. The van der Waals surface area contributed by atoms with Crippen molar-refractivity contribution < 1.29 is 27.5 Å². The van der Waals surface area contributed by atoms with E-state index in [4.69, 9.17) is 4.74 Å². The first-order valence-electron chi connectivity index (χ1n) is 9.23. The van der Waals surface area contributed by atoms with Gasteiger partial charge in [-0.05, 0) is 42.7 Å². The highest BCUT2D eigenvalue weighted by Gasteiger charge is 2.35. The van der Waals surface area contributed by atoms with Crippen molar-refractivity contribution in [2.75, 3.05) is 26.3 Å². The van der Waals surface area contributed by atoms with Gasteiger partial charge in [-0.15, -0.1) is 0 Å². The summed E-state index contributed by atoms with van der Waals surface area (Å²) in [5, 5.41) is 5.07. The lowest BCUT2D eigenvalue weighted by molar-refractivity contribution is -0.120. The summed E-state index contributed by atoms with van der Waals surface area (Å²) in [6, 6.07) is 8.84. The van der Waals surface area contributed by atoms with E-state index in [1.54, 1.807) is 6.07 Å². The number of hydrogen-bond acceptors (Lipinski definition) is 3. The van der Waals surface area contributed by atoms with E-state index in [0.29, 0.717) is 32.1 Å². The summed E-state index contributed by atoms with van der Waals surface area (Å²) < 4.78 is 45.7. The lowest BCUT2D eigenvalue weighted by atomic mass is 9.74. The van der Waals surface area contributed by atoms with Crippen molar-refractivity contribution in [2.24, 2.45) is 0 Å². The summed E-state index contributed by atoms with van der Waals surface area (Å²) >= 11 is 0. The van der Waals surface area contributed by atoms with Crippen LogP contribution in [0.5, 0.6) is 0 Å². The van der Waals surface area contributed by atoms with E-state index in [2.05, 4.69) is 10.6 Å². The van der Waals surface area contributed by atoms with Gasteiger partial charge in [0, 0.05) is 31.2 Å². The molecular formula is C21H21F3N2O3. The second-order valence-electron chi connectivity index (χ2n) is 6.99. The molecule has 1 aliphatic heterocycles. The van der Waals surface area contributed by atoms with E-state index >= 15 is 0 Å². The summed E-state index contributed by atoms with van der Waals surface area (Å²) in [7, 11) is 0. The van der Waals surface area contributed by atoms with E-state index in [1.807, 2.05) is 6.07 Å². The highest BCUT2D eigenvalue weighted by molar-refractivity contribution is 5.96. The Balaban J connectivity index is 1.60. The number of carbonyl (C=O) groups excluding carboxylic acids is 2. The fourth-order valence-corrected chi connectivity index (χ4v) is 3.41. The van der Waals surface area contributed by atoms with Crippen molar-refractivity contribution in [3.8, 4) is 0 Å². The van der Waals surface area contributed by atoms with Crippen LogP contribution in [-0.2, 0) is 14.9 Å². The average molecular weight is 406 g/mol. The first-order valence-corrected chi connectivity index (χ1v) is 9.23. The Labute approximate surface area is 166 Å². The van der Waals surface area contributed by atoms with Gasteiger partial charge in [-0.1, -0.05) is 12.1 Å². The molecule has 0 bridgehead atoms. The third-order valence-corrected chi connectivity index (χ3v) is 5.10. The largest absolute Gasteiger partial charge is 0.381 e. The molecule has 2 N–H and O–H groups in total. The number of benzene rings is 2. The quantitative estimate of drug-likeness (QED) is 0.775. The molecule has 1 saturated heterocycles. The maximum Gasteiger partial charge on any atom is 0.254 e. The molecule has 0 radical (unpaired) electrons. The minimum atomic E-state index is -1.00. The van der Waals surface area contributed by atoms with Crippen molar-refractivity contribution in [1.82, 2.24) is 10.6 Å². The van der Waals surface area contributed by atoms with Crippen LogP contribution in [0.3, 0.4) is 0 Å². The molecule has 2 amide bonds. The Kier molecular flexibility index (Phi) is 6.53. The van der Waals surface area contributed by atoms with Gasteiger partial charge in [0.2, 0.25) is 5.91 Å². The Morgan fingerprint density at radius 3 is 2.38 bits per heavy atom. The van der Waals surface area contributed by atoms with Crippen molar-refractivity contribution in [3.63, 3.8) is 0 Å². The van der Waals surface area contributed by atoms with E-state index in [0.717, 1.165) is 17.7 Å². The number of amides is 2. The molecule has 1 aliphatic rings. The number of hydrogen-bond donors (Lipinski definition) is 2. The third-order valence-electron chi connectivity index (χ3n) is 5.10. The lowest BCUT2D eigenvalue weighted by Crippen LogP contribution is -2.47. The first kappa shape index (κ1) is 20.9. The van der Waals surface area contributed by atoms with E-state index in [-0.39, 0.29) is 24.5 Å². The van der Waals surface area contributed by atoms with Gasteiger partial charge in [-0.25, -0.2) is 13.2 Å². The van der Waals surface area contributed by atoms with Gasteiger partial charge in [0.25, 0.3) is 5.91 Å². The lowest BCUT2D eigenvalue weighted by Gasteiger charge is -2.38. The zero-order valence-corrected chi connectivity index (χ0v) is 15.6. The van der Waals surface area contributed by atoms with Crippen molar-refractivity contribution >= 4 is 11.8 Å². The molecule has 8 heteroatoms. The van der Waals surface area contributed by atoms with E-state index in [9.17, 15) is 22.8 Å². The van der Waals surface area contributed by atoms with Crippen LogP contribution >= 0.6 is 0 Å². The molecule has 0 spiro atoms. The van der Waals surface area contributed by atoms with Crippen LogP contribution in [0, 0.1) is 17.5 Å². The molecule has 0 saturated carbocycles. The molecule has 0 aliphatic carbocycles. The fraction of sp³-hybridized carbons (Fsp3) is 0.333. The molecule has 29 heavy (non-hydrogen) atoms. The van der Waals surface area contributed by atoms with Crippen molar-refractivity contribution in [3.05, 3.63) is 71.0 Å². The van der Waals surface area contributed by atoms with Crippen molar-refractivity contribution in [1.29, 1.82) is 0 Å². The highest BCUT2D eigenvalue weighted by atomic mass is 19.1. The van der Waals surface area contributed by atoms with Crippen LogP contribution in [0.15, 0.2) is 42.5 Å². The molecule has 0 atom stereocenters. The average Bonchev–Trinajstić information content (AvgIpc) is 2.71. The highest BCUT2D eigenvalue weighted by Crippen LogP contribution is 2.34. The smallest absolute Gasteiger partial charge is 0.254 e. The first-order chi connectivity index (χ1) is 13.9. The standard InChI is InChI=1S/C21H21F3N2O3/c22-15-3-1-2-14(10-15)21(6-8-29-9-7-21)13-26-19(27)12-25-20(28)17-5-4-16(23)11-18(17)24/h1-5,10-11H,6-9,12-13H2,(H,25,28)(H,26,27). The maximum atomic E-state index is 13.7. The van der Waals surface area contributed by atoms with Gasteiger partial charge in [0.15, 0.2) is 0 Å². The number of ether oxygens (including phenoxy) is 1. The Bertz CT molecular complexity index is 898. The van der Waals surface area contributed by atoms with E-state index in [1.165, 1.54) is 12.1 Å². The number of rotatable bonds is 6. The topological polar surface area (TPSA) is 67.4 Å². The minimum absolute atomic E-state index is 0.249. The zero-order chi connectivity index (χ0) is 20.9. The SMILES string of the molecule is O=C(CNC(=O)c1ccc(F)cc1F)NCC1(c2cccc(F)c2)CCOCC1. The third kappa shape index (κ3) is 5.14. The van der Waals surface area contributed by atoms with Crippen LogP contribution in [0.4, 0.5) is 13.2 Å². The minimum Gasteiger partial charge on any atom is -0.381 e. The summed E-state index contributed by atoms with van der Waals surface area (Å²) in [6.07, 6.45) is 1.23. The monoisotopic (exact) mass is 406 g/mol. The van der Waals surface area contributed by atoms with E-state index < -0.39 is 28.9 Å². The molecule has 1 fully saturated rings. The Morgan fingerprint density at radius 1 is 0.966 bits per heavy atom. The predicted octanol–water partition coefficient (Wildman–Crippen LogP) is 2.70. The van der Waals surface area contributed by atoms with Crippen LogP contribution in [0.1, 0.15) is 28.8 Å². The zero-order valence-electron chi connectivity index (χ0n) is 15.6. The Morgan fingerprint density at radius 2 is 1.69 bits per heavy atom. The molecular weight excluding hydrogens is 385 g/mol. The van der Waals surface area contributed by atoms with Gasteiger partial charge in [0.1, 0.15) is 17.5 Å².